The van der Waals surface area contributed by atoms with Crippen molar-refractivity contribution in [2.75, 3.05) is 4.90 Å². The van der Waals surface area contributed by atoms with Crippen LogP contribution in [0.25, 0.3) is 0 Å². The van der Waals surface area contributed by atoms with Crippen LogP contribution < -0.4 is 15.8 Å². The standard InChI is InChI=1S/C24H23N5O5S/c1-24(2)11-19-22(20(30)12-24)21(14-3-9-17(10-4-14)35(27,33)34)18(13-25)23(26)28(19)15-5-7-16(8-6-15)29(31)32/h3-10,21H,11-12,26H2,1-2H3,(H2,27,33,34)/t21-/m1/s1. The van der Waals surface area contributed by atoms with Crippen molar-refractivity contribution in [1.82, 2.24) is 0 Å². The van der Waals surface area contributed by atoms with Gasteiger partial charge in [-0.15, -0.1) is 0 Å². The molecular formula is C24H23N5O5S. The summed E-state index contributed by atoms with van der Waals surface area (Å²) in [6, 6.07) is 13.6. The first-order chi connectivity index (χ1) is 16.3. The van der Waals surface area contributed by atoms with Gasteiger partial charge in [-0.1, -0.05) is 26.0 Å². The predicted octanol–water partition coefficient (Wildman–Crippen LogP) is 3.18. The number of non-ortho nitro benzene ring substituents is 1. The molecule has 2 aromatic rings. The number of Topliss-reactive ketones (excluding diaryl/α,β-unsaturated/α-hetero) is 1. The summed E-state index contributed by atoms with van der Waals surface area (Å²) in [7, 11) is -3.92. The molecule has 0 saturated carbocycles. The molecule has 4 rings (SSSR count). The second-order valence-corrected chi connectivity index (χ2v) is 10.9. The average Bonchev–Trinajstić information content (AvgIpc) is 2.77. The molecule has 1 atom stereocenters. The lowest BCUT2D eigenvalue weighted by Gasteiger charge is -2.43. The summed E-state index contributed by atoms with van der Waals surface area (Å²) in [5.74, 6) is -0.836. The van der Waals surface area contributed by atoms with Crippen LogP contribution in [-0.2, 0) is 14.8 Å². The van der Waals surface area contributed by atoms with Crippen molar-refractivity contribution in [2.24, 2.45) is 16.3 Å². The maximum absolute atomic E-state index is 13.5. The number of hydrogen-bond acceptors (Lipinski definition) is 8. The normalized spacial score (nSPS) is 19.9. The molecule has 2 aliphatic rings. The quantitative estimate of drug-likeness (QED) is 0.482. The summed E-state index contributed by atoms with van der Waals surface area (Å²) in [5.41, 5.74) is 8.18. The number of primary sulfonamides is 1. The van der Waals surface area contributed by atoms with Crippen LogP contribution in [0.1, 0.15) is 38.2 Å². The molecule has 0 fully saturated rings. The van der Waals surface area contributed by atoms with Gasteiger partial charge in [0.15, 0.2) is 5.78 Å². The molecule has 0 bridgehead atoms. The molecule has 0 unspecified atom stereocenters. The highest BCUT2D eigenvalue weighted by Gasteiger charge is 2.44. The SMILES string of the molecule is CC1(C)CC(=O)C2=C(C1)N(c1ccc([N+](=O)[O-])cc1)C(N)=C(C#N)[C@H]2c1ccc(S(N)(=O)=O)cc1. The lowest BCUT2D eigenvalue weighted by Crippen LogP contribution is -2.42. The van der Waals surface area contributed by atoms with Crippen LogP contribution in [-0.4, -0.2) is 19.1 Å². The van der Waals surface area contributed by atoms with Gasteiger partial charge in [0.25, 0.3) is 5.69 Å². The Hall–Kier alpha value is -4.01. The number of nitrogens with two attached hydrogens (primary N) is 2. The van der Waals surface area contributed by atoms with E-state index in [4.69, 9.17) is 10.9 Å². The molecule has 1 aliphatic carbocycles. The number of rotatable bonds is 4. The highest BCUT2D eigenvalue weighted by molar-refractivity contribution is 7.89. The van der Waals surface area contributed by atoms with Crippen molar-refractivity contribution in [3.05, 3.63) is 86.9 Å². The molecule has 2 aromatic carbocycles. The Morgan fingerprint density at radius 1 is 1.11 bits per heavy atom. The molecule has 4 N–H and O–H groups in total. The van der Waals surface area contributed by atoms with Crippen LogP contribution in [0.2, 0.25) is 0 Å². The molecule has 0 amide bonds. The van der Waals surface area contributed by atoms with Crippen molar-refractivity contribution >= 4 is 27.2 Å². The third kappa shape index (κ3) is 4.29. The van der Waals surface area contributed by atoms with Gasteiger partial charge in [0, 0.05) is 35.5 Å². The molecule has 35 heavy (non-hydrogen) atoms. The van der Waals surface area contributed by atoms with Crippen LogP contribution in [0.4, 0.5) is 11.4 Å². The van der Waals surface area contributed by atoms with E-state index < -0.39 is 20.9 Å². The summed E-state index contributed by atoms with van der Waals surface area (Å²) in [5, 5.41) is 26.4. The Kier molecular flexibility index (Phi) is 5.75. The minimum absolute atomic E-state index is 0.0923. The maximum atomic E-state index is 13.5. The molecule has 0 radical (unpaired) electrons. The summed E-state index contributed by atoms with van der Waals surface area (Å²) in [6.07, 6.45) is 0.723. The van der Waals surface area contributed by atoms with E-state index in [1.54, 1.807) is 4.90 Å². The largest absolute Gasteiger partial charge is 0.384 e. The van der Waals surface area contributed by atoms with Gasteiger partial charge in [0.2, 0.25) is 10.0 Å². The molecule has 0 spiro atoms. The van der Waals surface area contributed by atoms with E-state index in [-0.39, 0.29) is 39.6 Å². The third-order valence-corrected chi connectivity index (χ3v) is 7.17. The van der Waals surface area contributed by atoms with Gasteiger partial charge in [-0.25, -0.2) is 13.6 Å². The summed E-state index contributed by atoms with van der Waals surface area (Å²) in [4.78, 5) is 25.6. The minimum atomic E-state index is -3.92. The van der Waals surface area contributed by atoms with E-state index in [2.05, 4.69) is 6.07 Å². The van der Waals surface area contributed by atoms with Crippen LogP contribution in [0.5, 0.6) is 0 Å². The van der Waals surface area contributed by atoms with E-state index in [1.165, 1.54) is 48.5 Å². The molecule has 1 heterocycles. The second kappa shape index (κ2) is 8.33. The van der Waals surface area contributed by atoms with Crippen molar-refractivity contribution in [1.29, 1.82) is 5.26 Å². The first kappa shape index (κ1) is 24.1. The number of anilines is 1. The Morgan fingerprint density at radius 3 is 2.23 bits per heavy atom. The second-order valence-electron chi connectivity index (χ2n) is 9.37. The van der Waals surface area contributed by atoms with Crippen molar-refractivity contribution in [3.8, 4) is 6.07 Å². The number of carbonyl (C=O) groups is 1. The number of carbonyl (C=O) groups excluding carboxylic acids is 1. The van der Waals surface area contributed by atoms with Gasteiger partial charge < -0.3 is 5.73 Å². The Balaban J connectivity index is 1.94. The zero-order valence-corrected chi connectivity index (χ0v) is 19.9. The minimum Gasteiger partial charge on any atom is -0.384 e. The molecule has 1 aliphatic heterocycles. The average molecular weight is 494 g/mol. The van der Waals surface area contributed by atoms with Crippen LogP contribution in [0.3, 0.4) is 0 Å². The van der Waals surface area contributed by atoms with Crippen LogP contribution in [0.15, 0.2) is 76.1 Å². The summed E-state index contributed by atoms with van der Waals surface area (Å²) < 4.78 is 23.4. The Labute approximate surface area is 202 Å². The van der Waals surface area contributed by atoms with Gasteiger partial charge in [0.05, 0.1) is 27.4 Å². The van der Waals surface area contributed by atoms with E-state index in [1.807, 2.05) is 13.8 Å². The molecule has 180 valence electrons. The van der Waals surface area contributed by atoms with Gasteiger partial charge in [0.1, 0.15) is 5.82 Å². The molecule has 10 nitrogen and oxygen atoms in total. The summed E-state index contributed by atoms with van der Waals surface area (Å²) in [6.45, 7) is 3.91. The smallest absolute Gasteiger partial charge is 0.269 e. The zero-order chi connectivity index (χ0) is 25.7. The third-order valence-electron chi connectivity index (χ3n) is 6.24. The molecule has 0 saturated heterocycles. The predicted molar refractivity (Wildman–Crippen MR) is 128 cm³/mol. The highest BCUT2D eigenvalue weighted by atomic mass is 32.2. The number of hydrogen-bond donors (Lipinski definition) is 2. The molecule has 11 heteroatoms. The number of nitro groups is 1. The van der Waals surface area contributed by atoms with Crippen molar-refractivity contribution in [3.63, 3.8) is 0 Å². The highest BCUT2D eigenvalue weighted by Crippen LogP contribution is 2.50. The van der Waals surface area contributed by atoms with Gasteiger partial charge in [-0.2, -0.15) is 5.26 Å². The fourth-order valence-corrected chi connectivity index (χ4v) is 5.23. The Bertz CT molecular complexity index is 1450. The lowest BCUT2D eigenvalue weighted by atomic mass is 9.68. The number of nitro benzene ring substituents is 1. The number of nitriles is 1. The molecule has 0 aromatic heterocycles. The van der Waals surface area contributed by atoms with E-state index in [0.717, 1.165) is 0 Å². The number of allylic oxidation sites excluding steroid dienone is 3. The Morgan fingerprint density at radius 2 is 1.71 bits per heavy atom. The topological polar surface area (TPSA) is 173 Å². The van der Waals surface area contributed by atoms with E-state index >= 15 is 0 Å². The van der Waals surface area contributed by atoms with Gasteiger partial charge in [-0.05, 0) is 41.7 Å². The fraction of sp³-hybridized carbons (Fsp3) is 0.250. The van der Waals surface area contributed by atoms with Gasteiger partial charge >= 0.3 is 0 Å². The lowest BCUT2D eigenvalue weighted by molar-refractivity contribution is -0.384. The first-order valence-electron chi connectivity index (χ1n) is 10.7. The maximum Gasteiger partial charge on any atom is 0.269 e. The van der Waals surface area contributed by atoms with Crippen molar-refractivity contribution in [2.45, 2.75) is 37.5 Å². The number of benzene rings is 2. The van der Waals surface area contributed by atoms with E-state index in [9.17, 15) is 28.6 Å². The first-order valence-corrected chi connectivity index (χ1v) is 12.2. The summed E-state index contributed by atoms with van der Waals surface area (Å²) >= 11 is 0. The van der Waals surface area contributed by atoms with E-state index in [0.29, 0.717) is 28.9 Å². The number of ketones is 1. The molecular weight excluding hydrogens is 470 g/mol. The van der Waals surface area contributed by atoms with Crippen LogP contribution in [0, 0.1) is 26.9 Å². The van der Waals surface area contributed by atoms with Gasteiger partial charge in [-0.3, -0.25) is 19.8 Å². The fourth-order valence-electron chi connectivity index (χ4n) is 4.71. The van der Waals surface area contributed by atoms with Crippen LogP contribution >= 0.6 is 0 Å². The monoisotopic (exact) mass is 493 g/mol. The van der Waals surface area contributed by atoms with Crippen molar-refractivity contribution < 1.29 is 18.1 Å². The number of sulfonamides is 1. The zero-order valence-electron chi connectivity index (χ0n) is 19.1. The number of nitrogens with zero attached hydrogens (tertiary/aromatic N) is 3.